The minimum atomic E-state index is -1.17. The highest BCUT2D eigenvalue weighted by Gasteiger charge is 2.41. The lowest BCUT2D eigenvalue weighted by molar-refractivity contribution is -0.137. The van der Waals surface area contributed by atoms with Gasteiger partial charge < -0.3 is 30.6 Å². The first kappa shape index (κ1) is 39.8. The summed E-state index contributed by atoms with van der Waals surface area (Å²) in [5, 5.41) is 16.4. The second kappa shape index (κ2) is 15.7. The third-order valence-electron chi connectivity index (χ3n) is 10.8. The van der Waals surface area contributed by atoms with Crippen LogP contribution < -0.4 is 10.6 Å². The van der Waals surface area contributed by atoms with Gasteiger partial charge in [-0.1, -0.05) is 90.1 Å². The van der Waals surface area contributed by atoms with Crippen molar-refractivity contribution in [2.24, 2.45) is 10.8 Å². The summed E-state index contributed by atoms with van der Waals surface area (Å²) in [4.78, 5) is 58.1. The fraction of sp³-hybridized carbons (Fsp3) is 0.500. The second-order valence-corrected chi connectivity index (χ2v) is 17.2. The van der Waals surface area contributed by atoms with Crippen LogP contribution in [0.2, 0.25) is 0 Å². The Labute approximate surface area is 322 Å². The zero-order valence-electron chi connectivity index (χ0n) is 33.1. The van der Waals surface area contributed by atoms with Gasteiger partial charge in [-0.15, -0.1) is 0 Å². The topological polar surface area (TPSA) is 159 Å². The van der Waals surface area contributed by atoms with E-state index in [0.29, 0.717) is 24.6 Å². The summed E-state index contributed by atoms with van der Waals surface area (Å²) in [7, 11) is 0. The molecule has 0 bridgehead atoms. The maximum atomic E-state index is 14.2. The molecule has 2 aliphatic heterocycles. The number of aliphatic hydroxyl groups is 1. The van der Waals surface area contributed by atoms with Crippen LogP contribution in [0.5, 0.6) is 0 Å². The van der Waals surface area contributed by atoms with Crippen molar-refractivity contribution in [1.29, 1.82) is 0 Å². The maximum Gasteiger partial charge on any atom is 0.243 e. The molecule has 6 atom stereocenters. The number of hydrogen-bond acceptors (Lipinski definition) is 7. The summed E-state index contributed by atoms with van der Waals surface area (Å²) in [5.41, 5.74) is 4.86. The largest absolute Gasteiger partial charge is 0.379 e. The Kier molecular flexibility index (Phi) is 11.4. The Hall–Kier alpha value is -4.88. The van der Waals surface area contributed by atoms with Gasteiger partial charge in [0.2, 0.25) is 17.7 Å². The van der Waals surface area contributed by atoms with Crippen molar-refractivity contribution in [2.45, 2.75) is 111 Å². The van der Waals surface area contributed by atoms with Crippen LogP contribution in [0, 0.1) is 10.8 Å². The minimum Gasteiger partial charge on any atom is -0.379 e. The first-order valence-corrected chi connectivity index (χ1v) is 19.2. The van der Waals surface area contributed by atoms with E-state index >= 15 is 0 Å². The molecule has 1 unspecified atom stereocenters. The Morgan fingerprint density at radius 3 is 1.64 bits per heavy atom. The van der Waals surface area contributed by atoms with Gasteiger partial charge in [0, 0.05) is 26.4 Å². The van der Waals surface area contributed by atoms with Crippen LogP contribution in [0.25, 0.3) is 33.6 Å². The number of carbonyl (C=O) groups is 3. The monoisotopic (exact) mass is 754 g/mol. The number of alkyl halides is 1. The van der Waals surface area contributed by atoms with Gasteiger partial charge in [0.05, 0.1) is 41.9 Å². The third kappa shape index (κ3) is 8.83. The smallest absolute Gasteiger partial charge is 0.243 e. The Morgan fingerprint density at radius 1 is 0.782 bits per heavy atom. The molecular formula is C42H55FN8O4. The molecule has 294 valence electrons. The van der Waals surface area contributed by atoms with Crippen molar-refractivity contribution >= 4 is 17.7 Å². The molecule has 12 nitrogen and oxygen atoms in total. The highest BCUT2D eigenvalue weighted by molar-refractivity contribution is 5.87. The van der Waals surface area contributed by atoms with Crippen LogP contribution in [0.1, 0.15) is 98.4 Å². The van der Waals surface area contributed by atoms with E-state index in [1.165, 1.54) is 11.8 Å². The van der Waals surface area contributed by atoms with Crippen molar-refractivity contribution < 1.29 is 23.9 Å². The van der Waals surface area contributed by atoms with Crippen molar-refractivity contribution in [3.63, 3.8) is 0 Å². The van der Waals surface area contributed by atoms with Crippen LogP contribution in [0.15, 0.2) is 60.9 Å². The number of halogens is 1. The molecule has 2 fully saturated rings. The Bertz CT molecular complexity index is 1980. The number of aromatic nitrogens is 4. The molecule has 5 N–H and O–H groups in total. The van der Waals surface area contributed by atoms with Gasteiger partial charge in [0.15, 0.2) is 0 Å². The summed E-state index contributed by atoms with van der Waals surface area (Å²) in [6.45, 7) is 15.9. The van der Waals surface area contributed by atoms with Crippen molar-refractivity contribution in [3.05, 3.63) is 72.6 Å². The number of aromatic amines is 2. The Balaban J connectivity index is 1.13. The SMILES string of the molecule is CC(=O)N1CCC[C@H]1C(=O)N[C@H](c1ncc(-c2ccc(-c3ccc(-c4cnc([C@@H](NC(=O)[C@@H]5C[C@@H](F)CN5C(C)O)C(C)(C)C)[nH]4)cc3)cc2)[nH]1)C(C)(C)C. The molecule has 55 heavy (non-hydrogen) atoms. The first-order chi connectivity index (χ1) is 25.9. The van der Waals surface area contributed by atoms with Crippen molar-refractivity contribution in [2.75, 3.05) is 13.1 Å². The summed E-state index contributed by atoms with van der Waals surface area (Å²) < 4.78 is 14.2. The van der Waals surface area contributed by atoms with Crippen LogP contribution in [0.3, 0.4) is 0 Å². The van der Waals surface area contributed by atoms with Gasteiger partial charge in [-0.2, -0.15) is 0 Å². The maximum absolute atomic E-state index is 14.2. The average Bonchev–Trinajstić information content (AvgIpc) is 3.95. The summed E-state index contributed by atoms with van der Waals surface area (Å²) >= 11 is 0. The normalized spacial score (nSPS) is 21.0. The predicted octanol–water partition coefficient (Wildman–Crippen LogP) is 6.30. The number of aliphatic hydroxyl groups excluding tert-OH is 1. The van der Waals surface area contributed by atoms with E-state index in [-0.39, 0.29) is 42.1 Å². The molecule has 0 aliphatic carbocycles. The van der Waals surface area contributed by atoms with E-state index in [1.807, 2.05) is 45.0 Å². The molecule has 2 aromatic carbocycles. The number of hydrogen-bond donors (Lipinski definition) is 5. The number of nitrogens with one attached hydrogen (secondary N) is 4. The zero-order chi connectivity index (χ0) is 39.8. The molecule has 0 saturated carbocycles. The van der Waals surface area contributed by atoms with E-state index in [9.17, 15) is 23.9 Å². The summed E-state index contributed by atoms with van der Waals surface area (Å²) in [5.74, 6) is 0.683. The van der Waals surface area contributed by atoms with Gasteiger partial charge in [-0.05, 0) is 52.8 Å². The lowest BCUT2D eigenvalue weighted by Gasteiger charge is -2.33. The van der Waals surface area contributed by atoms with Crippen molar-refractivity contribution in [3.8, 4) is 33.6 Å². The van der Waals surface area contributed by atoms with Crippen LogP contribution in [-0.2, 0) is 14.4 Å². The van der Waals surface area contributed by atoms with Gasteiger partial charge >= 0.3 is 0 Å². The molecule has 3 amide bonds. The predicted molar refractivity (Wildman–Crippen MR) is 210 cm³/mol. The van der Waals surface area contributed by atoms with Crippen LogP contribution >= 0.6 is 0 Å². The molecule has 0 spiro atoms. The fourth-order valence-electron chi connectivity index (χ4n) is 7.71. The van der Waals surface area contributed by atoms with E-state index in [4.69, 9.17) is 0 Å². The van der Waals surface area contributed by atoms with E-state index in [0.717, 1.165) is 40.1 Å². The highest BCUT2D eigenvalue weighted by atomic mass is 19.1. The molecule has 2 saturated heterocycles. The molecule has 4 aromatic rings. The van der Waals surface area contributed by atoms with Gasteiger partial charge in [0.1, 0.15) is 30.1 Å². The number of rotatable bonds is 10. The van der Waals surface area contributed by atoms with E-state index in [2.05, 4.69) is 75.6 Å². The first-order valence-electron chi connectivity index (χ1n) is 19.2. The quantitative estimate of drug-likeness (QED) is 0.127. The van der Waals surface area contributed by atoms with Crippen LogP contribution in [-0.4, -0.2) is 90.1 Å². The van der Waals surface area contributed by atoms with E-state index < -0.39 is 35.9 Å². The van der Waals surface area contributed by atoms with E-state index in [1.54, 1.807) is 24.2 Å². The minimum absolute atomic E-state index is 0.0248. The number of H-pyrrole nitrogens is 2. The lowest BCUT2D eigenvalue weighted by atomic mass is 9.86. The molecule has 6 rings (SSSR count). The molecule has 0 radical (unpaired) electrons. The summed E-state index contributed by atoms with van der Waals surface area (Å²) in [6, 6.07) is 14.3. The number of likely N-dealkylation sites (tertiary alicyclic amines) is 2. The average molecular weight is 755 g/mol. The molecular weight excluding hydrogens is 700 g/mol. The second-order valence-electron chi connectivity index (χ2n) is 17.2. The molecule has 4 heterocycles. The number of benzene rings is 2. The zero-order valence-corrected chi connectivity index (χ0v) is 33.1. The number of nitrogens with zero attached hydrogens (tertiary/aromatic N) is 4. The summed E-state index contributed by atoms with van der Waals surface area (Å²) in [6.07, 6.45) is 2.95. The third-order valence-corrected chi connectivity index (χ3v) is 10.8. The van der Waals surface area contributed by atoms with Gasteiger partial charge in [-0.25, -0.2) is 14.4 Å². The van der Waals surface area contributed by atoms with Gasteiger partial charge in [0.25, 0.3) is 0 Å². The highest BCUT2D eigenvalue weighted by Crippen LogP contribution is 2.36. The Morgan fingerprint density at radius 2 is 1.22 bits per heavy atom. The fourth-order valence-corrected chi connectivity index (χ4v) is 7.71. The number of carbonyl (C=O) groups excluding carboxylic acids is 3. The molecule has 13 heteroatoms. The van der Waals surface area contributed by atoms with Gasteiger partial charge in [-0.3, -0.25) is 19.3 Å². The van der Waals surface area contributed by atoms with Crippen molar-refractivity contribution in [1.82, 2.24) is 40.4 Å². The number of amides is 3. The lowest BCUT2D eigenvalue weighted by Crippen LogP contribution is -2.49. The molecule has 2 aliphatic rings. The number of imidazole rings is 2. The molecule has 2 aromatic heterocycles. The van der Waals surface area contributed by atoms with Crippen LogP contribution in [0.4, 0.5) is 4.39 Å². The standard InChI is InChI=1S/C42H55FN8O4/c1-24(52)50-19-9-10-33(50)39(54)48-35(41(3,4)5)37-44-21-31(46-37)28-15-11-26(12-16-28)27-13-17-29(18-14-27)32-22-45-38(47-32)36(42(6,7)8)49-40(55)34-20-30(43)23-51(34)25(2)53/h11-18,21-22,25,30,33-36,53H,9-10,19-20,23H2,1-8H3,(H,44,46)(H,45,47)(H,48,54)(H,49,55)/t25?,30-,33+,34+,35-,36-/m1/s1.